The Morgan fingerprint density at radius 1 is 1.41 bits per heavy atom. The van der Waals surface area contributed by atoms with E-state index in [1.165, 1.54) is 12.1 Å². The van der Waals surface area contributed by atoms with Gasteiger partial charge < -0.3 is 4.79 Å². The van der Waals surface area contributed by atoms with Crippen molar-refractivity contribution in [3.63, 3.8) is 0 Å². The highest BCUT2D eigenvalue weighted by Gasteiger charge is 2.21. The Balaban J connectivity index is 2.10. The zero-order chi connectivity index (χ0) is 12.3. The van der Waals surface area contributed by atoms with Gasteiger partial charge >= 0.3 is 0 Å². The Bertz CT molecular complexity index is 390. The number of halogens is 2. The van der Waals surface area contributed by atoms with E-state index in [0.29, 0.717) is 6.54 Å². The monoisotopic (exact) mass is 299 g/mol. The minimum atomic E-state index is -0.242. The molecule has 1 heterocycles. The Kier molecular flexibility index (Phi) is 4.29. The lowest BCUT2D eigenvalue weighted by molar-refractivity contribution is -0.113. The summed E-state index contributed by atoms with van der Waals surface area (Å²) in [6, 6.07) is 4.86. The number of likely N-dealkylation sites (tertiary alicyclic amines) is 1. The fourth-order valence-corrected chi connectivity index (χ4v) is 2.82. The van der Waals surface area contributed by atoms with Crippen LogP contribution in [0.15, 0.2) is 22.7 Å². The first kappa shape index (κ1) is 12.7. The Labute approximate surface area is 109 Å². The maximum Gasteiger partial charge on any atom is 0.137 e. The molecular weight excluding hydrogens is 285 g/mol. The van der Waals surface area contributed by atoms with Gasteiger partial charge in [-0.1, -0.05) is 22.4 Å². The molecule has 1 fully saturated rings. The summed E-state index contributed by atoms with van der Waals surface area (Å²) in [7, 11) is 0. The van der Waals surface area contributed by atoms with Crippen molar-refractivity contribution in [2.75, 3.05) is 6.54 Å². The predicted molar refractivity (Wildman–Crippen MR) is 68.2 cm³/mol. The van der Waals surface area contributed by atoms with E-state index in [-0.39, 0.29) is 11.9 Å². The summed E-state index contributed by atoms with van der Waals surface area (Å²) in [5.41, 5.74) is 0.908. The SMILES string of the molecule is O=CC1CCCCN1Cc1cc(F)cc(Br)c1. The summed E-state index contributed by atoms with van der Waals surface area (Å²) in [4.78, 5) is 13.1. The van der Waals surface area contributed by atoms with Crippen molar-refractivity contribution >= 4 is 22.2 Å². The number of nitrogens with zero attached hydrogens (tertiary/aromatic N) is 1. The first-order valence-corrected chi connectivity index (χ1v) is 6.62. The second-order valence-corrected chi connectivity index (χ2v) is 5.36. The largest absolute Gasteiger partial charge is 0.302 e. The van der Waals surface area contributed by atoms with E-state index in [1.54, 1.807) is 0 Å². The van der Waals surface area contributed by atoms with E-state index in [1.807, 2.05) is 6.07 Å². The number of piperidine rings is 1. The Hall–Kier alpha value is -0.740. The number of carbonyl (C=O) groups excluding carboxylic acids is 1. The molecule has 92 valence electrons. The summed E-state index contributed by atoms with van der Waals surface area (Å²) in [6.07, 6.45) is 4.14. The summed E-state index contributed by atoms with van der Waals surface area (Å²) in [5.74, 6) is -0.242. The van der Waals surface area contributed by atoms with E-state index in [4.69, 9.17) is 0 Å². The highest BCUT2D eigenvalue weighted by molar-refractivity contribution is 9.10. The van der Waals surface area contributed by atoms with E-state index < -0.39 is 0 Å². The Morgan fingerprint density at radius 3 is 2.94 bits per heavy atom. The fraction of sp³-hybridized carbons (Fsp3) is 0.462. The van der Waals surface area contributed by atoms with Gasteiger partial charge in [-0.25, -0.2) is 4.39 Å². The minimum absolute atomic E-state index is 0.00853. The average Bonchev–Trinajstić information content (AvgIpc) is 2.28. The third-order valence-corrected chi connectivity index (χ3v) is 3.59. The molecule has 4 heteroatoms. The third-order valence-electron chi connectivity index (χ3n) is 3.13. The zero-order valence-electron chi connectivity index (χ0n) is 9.53. The number of hydrogen-bond acceptors (Lipinski definition) is 2. The van der Waals surface area contributed by atoms with Gasteiger partial charge in [-0.15, -0.1) is 0 Å². The second-order valence-electron chi connectivity index (χ2n) is 4.45. The number of benzene rings is 1. The molecule has 0 radical (unpaired) electrons. The van der Waals surface area contributed by atoms with Crippen molar-refractivity contribution in [3.05, 3.63) is 34.1 Å². The van der Waals surface area contributed by atoms with Crippen LogP contribution >= 0.6 is 15.9 Å². The maximum absolute atomic E-state index is 13.2. The fourth-order valence-electron chi connectivity index (χ4n) is 2.30. The molecule has 0 aromatic heterocycles. The molecule has 1 unspecified atom stereocenters. The van der Waals surface area contributed by atoms with Gasteiger partial charge in [-0.05, 0) is 43.1 Å². The van der Waals surface area contributed by atoms with E-state index >= 15 is 0 Å². The summed E-state index contributed by atoms with van der Waals surface area (Å²) >= 11 is 3.28. The third kappa shape index (κ3) is 3.36. The van der Waals surface area contributed by atoms with Gasteiger partial charge in [0.2, 0.25) is 0 Å². The molecule has 0 amide bonds. The van der Waals surface area contributed by atoms with Crippen molar-refractivity contribution in [1.82, 2.24) is 4.90 Å². The lowest BCUT2D eigenvalue weighted by Gasteiger charge is -2.32. The second kappa shape index (κ2) is 5.74. The standard InChI is InChI=1S/C13H15BrFNO/c14-11-5-10(6-12(15)7-11)8-16-4-2-1-3-13(16)9-17/h5-7,9,13H,1-4,8H2. The molecule has 0 aliphatic carbocycles. The molecule has 17 heavy (non-hydrogen) atoms. The van der Waals surface area contributed by atoms with Crippen molar-refractivity contribution in [2.24, 2.45) is 0 Å². The average molecular weight is 300 g/mol. The molecule has 1 aliphatic heterocycles. The number of hydrogen-bond donors (Lipinski definition) is 0. The lowest BCUT2D eigenvalue weighted by atomic mass is 10.0. The molecule has 1 saturated heterocycles. The number of carbonyl (C=O) groups is 1. The smallest absolute Gasteiger partial charge is 0.137 e. The van der Waals surface area contributed by atoms with E-state index in [9.17, 15) is 9.18 Å². The lowest BCUT2D eigenvalue weighted by Crippen LogP contribution is -2.39. The van der Waals surface area contributed by atoms with Crippen molar-refractivity contribution < 1.29 is 9.18 Å². The van der Waals surface area contributed by atoms with Gasteiger partial charge in [0.1, 0.15) is 12.1 Å². The highest BCUT2D eigenvalue weighted by atomic mass is 79.9. The minimum Gasteiger partial charge on any atom is -0.302 e. The topological polar surface area (TPSA) is 20.3 Å². The first-order chi connectivity index (χ1) is 8.19. The van der Waals surface area contributed by atoms with Crippen molar-refractivity contribution in [2.45, 2.75) is 31.8 Å². The molecule has 1 aromatic carbocycles. The van der Waals surface area contributed by atoms with E-state index in [0.717, 1.165) is 42.1 Å². The predicted octanol–water partition coefficient (Wildman–Crippen LogP) is 3.14. The summed E-state index contributed by atoms with van der Waals surface area (Å²) in [5, 5.41) is 0. The normalized spacial score (nSPS) is 21.4. The molecule has 0 N–H and O–H groups in total. The molecule has 1 atom stereocenters. The van der Waals surface area contributed by atoms with Gasteiger partial charge in [-0.3, -0.25) is 4.90 Å². The van der Waals surface area contributed by atoms with Gasteiger partial charge in [0.05, 0.1) is 6.04 Å². The highest BCUT2D eigenvalue weighted by Crippen LogP contribution is 2.21. The first-order valence-electron chi connectivity index (χ1n) is 5.83. The molecule has 0 bridgehead atoms. The summed E-state index contributed by atoms with van der Waals surface area (Å²) < 4.78 is 14.0. The molecule has 1 aliphatic rings. The molecule has 0 saturated carbocycles. The zero-order valence-corrected chi connectivity index (χ0v) is 11.1. The van der Waals surface area contributed by atoms with Crippen LogP contribution in [-0.4, -0.2) is 23.8 Å². The van der Waals surface area contributed by atoms with Crippen LogP contribution in [0.5, 0.6) is 0 Å². The Morgan fingerprint density at radius 2 is 2.24 bits per heavy atom. The molecule has 1 aromatic rings. The van der Waals surface area contributed by atoms with Crippen LogP contribution in [0.1, 0.15) is 24.8 Å². The number of aldehydes is 1. The van der Waals surface area contributed by atoms with Crippen LogP contribution in [0.4, 0.5) is 4.39 Å². The van der Waals surface area contributed by atoms with Crippen LogP contribution < -0.4 is 0 Å². The van der Waals surface area contributed by atoms with Crippen molar-refractivity contribution in [1.29, 1.82) is 0 Å². The molecular formula is C13H15BrFNO. The van der Waals surface area contributed by atoms with Crippen LogP contribution in [0.3, 0.4) is 0 Å². The quantitative estimate of drug-likeness (QED) is 0.799. The molecule has 0 spiro atoms. The van der Waals surface area contributed by atoms with Gasteiger partial charge in [0.25, 0.3) is 0 Å². The molecule has 2 nitrogen and oxygen atoms in total. The van der Waals surface area contributed by atoms with Gasteiger partial charge in [0.15, 0.2) is 0 Å². The van der Waals surface area contributed by atoms with Gasteiger partial charge in [0, 0.05) is 11.0 Å². The van der Waals surface area contributed by atoms with Gasteiger partial charge in [-0.2, -0.15) is 0 Å². The maximum atomic E-state index is 13.2. The van der Waals surface area contributed by atoms with Crippen LogP contribution in [0.2, 0.25) is 0 Å². The summed E-state index contributed by atoms with van der Waals surface area (Å²) in [6.45, 7) is 1.55. The van der Waals surface area contributed by atoms with Crippen LogP contribution in [-0.2, 0) is 11.3 Å². The van der Waals surface area contributed by atoms with Crippen LogP contribution in [0.25, 0.3) is 0 Å². The molecule has 2 rings (SSSR count). The van der Waals surface area contributed by atoms with E-state index in [2.05, 4.69) is 20.8 Å². The number of rotatable bonds is 3. The van der Waals surface area contributed by atoms with Crippen LogP contribution in [0, 0.1) is 5.82 Å². The van der Waals surface area contributed by atoms with Crippen molar-refractivity contribution in [3.8, 4) is 0 Å².